The first-order chi connectivity index (χ1) is 12.4. The molecule has 0 aliphatic carbocycles. The number of H-pyrrole nitrogens is 1. The molecule has 0 spiro atoms. The van der Waals surface area contributed by atoms with Crippen LogP contribution in [0.2, 0.25) is 5.02 Å². The number of aliphatic carboxylic acids is 1. The zero-order valence-electron chi connectivity index (χ0n) is 13.6. The van der Waals surface area contributed by atoms with Gasteiger partial charge in [0.2, 0.25) is 0 Å². The highest BCUT2D eigenvalue weighted by atomic mass is 35.5. The summed E-state index contributed by atoms with van der Waals surface area (Å²) in [6.45, 7) is 0. The molecule has 0 radical (unpaired) electrons. The molecule has 3 N–H and O–H groups in total. The first-order valence-electron chi connectivity index (χ1n) is 7.96. The van der Waals surface area contributed by atoms with Crippen molar-refractivity contribution in [3.05, 3.63) is 70.9 Å². The van der Waals surface area contributed by atoms with Crippen molar-refractivity contribution in [1.82, 2.24) is 10.3 Å². The Kier molecular flexibility index (Phi) is 5.25. The van der Waals surface area contributed by atoms with Crippen molar-refractivity contribution in [3.63, 3.8) is 0 Å². The maximum Gasteiger partial charge on any atom is 0.268 e. The molecule has 2 atom stereocenters. The number of aliphatic hydroxyl groups is 1. The SMILES string of the molecule is O=C(NC(Cc1ccccc1)C(O)C(=O)[O-])c1cc2cc(Cl)ccc2[nH]1. The normalized spacial score (nSPS) is 13.3. The fraction of sp³-hybridized carbons (Fsp3) is 0.158. The van der Waals surface area contributed by atoms with Gasteiger partial charge in [0.05, 0.1) is 12.0 Å². The lowest BCUT2D eigenvalue weighted by Gasteiger charge is -2.24. The van der Waals surface area contributed by atoms with Gasteiger partial charge in [-0.05, 0) is 36.2 Å². The number of aliphatic hydroxyl groups excluding tert-OH is 1. The molecular weight excluding hydrogens is 356 g/mol. The van der Waals surface area contributed by atoms with Gasteiger partial charge in [-0.2, -0.15) is 0 Å². The molecule has 2 aromatic carbocycles. The molecule has 3 aromatic rings. The van der Waals surface area contributed by atoms with Gasteiger partial charge < -0.3 is 25.3 Å². The van der Waals surface area contributed by atoms with Crippen LogP contribution < -0.4 is 10.4 Å². The number of fused-ring (bicyclic) bond motifs is 1. The van der Waals surface area contributed by atoms with Crippen molar-refractivity contribution in [3.8, 4) is 0 Å². The number of aromatic nitrogens is 1. The summed E-state index contributed by atoms with van der Waals surface area (Å²) in [5.41, 5.74) is 1.74. The van der Waals surface area contributed by atoms with E-state index in [4.69, 9.17) is 11.6 Å². The largest absolute Gasteiger partial charge is 0.547 e. The number of hydrogen-bond acceptors (Lipinski definition) is 4. The van der Waals surface area contributed by atoms with Gasteiger partial charge >= 0.3 is 0 Å². The van der Waals surface area contributed by atoms with Crippen LogP contribution in [-0.2, 0) is 11.2 Å². The van der Waals surface area contributed by atoms with Crippen molar-refractivity contribution in [1.29, 1.82) is 0 Å². The van der Waals surface area contributed by atoms with Gasteiger partial charge in [-0.3, -0.25) is 4.79 Å². The highest BCUT2D eigenvalue weighted by Gasteiger charge is 2.24. The summed E-state index contributed by atoms with van der Waals surface area (Å²) >= 11 is 5.94. The number of nitrogens with one attached hydrogen (secondary N) is 2. The molecule has 1 amide bonds. The van der Waals surface area contributed by atoms with Gasteiger partial charge in [-0.25, -0.2) is 0 Å². The summed E-state index contributed by atoms with van der Waals surface area (Å²) in [6.07, 6.45) is -1.69. The molecule has 1 aromatic heterocycles. The summed E-state index contributed by atoms with van der Waals surface area (Å²) in [5.74, 6) is -2.17. The van der Waals surface area contributed by atoms with E-state index in [1.54, 1.807) is 48.5 Å². The molecule has 0 aliphatic rings. The number of aromatic amines is 1. The molecule has 7 heteroatoms. The number of amides is 1. The van der Waals surface area contributed by atoms with E-state index in [-0.39, 0.29) is 12.1 Å². The second kappa shape index (κ2) is 7.59. The predicted molar refractivity (Wildman–Crippen MR) is 95.7 cm³/mol. The molecule has 26 heavy (non-hydrogen) atoms. The summed E-state index contributed by atoms with van der Waals surface area (Å²) in [6, 6.07) is 14.7. The van der Waals surface area contributed by atoms with Crippen molar-refractivity contribution in [2.75, 3.05) is 0 Å². The molecule has 6 nitrogen and oxygen atoms in total. The number of halogens is 1. The summed E-state index contributed by atoms with van der Waals surface area (Å²) in [7, 11) is 0. The number of hydrogen-bond donors (Lipinski definition) is 3. The van der Waals surface area contributed by atoms with E-state index >= 15 is 0 Å². The van der Waals surface area contributed by atoms with Gasteiger partial charge in [0, 0.05) is 15.9 Å². The zero-order valence-corrected chi connectivity index (χ0v) is 14.4. The Morgan fingerprint density at radius 3 is 2.58 bits per heavy atom. The number of carboxylic acids is 1. The van der Waals surface area contributed by atoms with Crippen molar-refractivity contribution < 1.29 is 19.8 Å². The molecule has 3 rings (SSSR count). The first-order valence-corrected chi connectivity index (χ1v) is 8.34. The Bertz CT molecular complexity index is 939. The fourth-order valence-corrected chi connectivity index (χ4v) is 2.93. The summed E-state index contributed by atoms with van der Waals surface area (Å²) in [5, 5.41) is 24.9. The van der Waals surface area contributed by atoms with Crippen LogP contribution in [0.15, 0.2) is 54.6 Å². The maximum absolute atomic E-state index is 12.5. The molecule has 0 fully saturated rings. The molecule has 0 saturated carbocycles. The summed E-state index contributed by atoms with van der Waals surface area (Å²) < 4.78 is 0. The minimum Gasteiger partial charge on any atom is -0.547 e. The Balaban J connectivity index is 1.82. The first kappa shape index (κ1) is 18.0. The van der Waals surface area contributed by atoms with Gasteiger partial charge in [0.15, 0.2) is 0 Å². The standard InChI is InChI=1S/C19H17ClN2O4/c20-13-6-7-14-12(9-13)10-16(21-14)18(24)22-15(17(23)19(25)26)8-11-4-2-1-3-5-11/h1-7,9-10,15,17,21,23H,8H2,(H,22,24)(H,25,26)/p-1. The second-order valence-electron chi connectivity index (χ2n) is 5.95. The highest BCUT2D eigenvalue weighted by molar-refractivity contribution is 6.31. The third-order valence-electron chi connectivity index (χ3n) is 4.06. The van der Waals surface area contributed by atoms with E-state index in [2.05, 4.69) is 10.3 Å². The van der Waals surface area contributed by atoms with Crippen LogP contribution >= 0.6 is 11.6 Å². The van der Waals surface area contributed by atoms with E-state index in [1.165, 1.54) is 0 Å². The van der Waals surface area contributed by atoms with E-state index in [0.717, 1.165) is 16.5 Å². The van der Waals surface area contributed by atoms with E-state index in [0.29, 0.717) is 5.02 Å². The fourth-order valence-electron chi connectivity index (χ4n) is 2.75. The number of rotatable bonds is 6. The van der Waals surface area contributed by atoms with Gasteiger partial charge in [0.1, 0.15) is 11.8 Å². The van der Waals surface area contributed by atoms with Crippen molar-refractivity contribution in [2.24, 2.45) is 0 Å². The average Bonchev–Trinajstić information content (AvgIpc) is 3.04. The van der Waals surface area contributed by atoms with Crippen LogP contribution in [0.3, 0.4) is 0 Å². The van der Waals surface area contributed by atoms with Crippen LogP contribution in [-0.4, -0.2) is 34.1 Å². The third kappa shape index (κ3) is 4.04. The lowest BCUT2D eigenvalue weighted by Crippen LogP contribution is -2.52. The molecule has 0 saturated heterocycles. The average molecular weight is 372 g/mol. The van der Waals surface area contributed by atoms with Crippen LogP contribution in [0.25, 0.3) is 10.9 Å². The Morgan fingerprint density at radius 1 is 1.15 bits per heavy atom. The second-order valence-corrected chi connectivity index (χ2v) is 6.38. The topological polar surface area (TPSA) is 105 Å². The Morgan fingerprint density at radius 2 is 1.88 bits per heavy atom. The van der Waals surface area contributed by atoms with Gasteiger partial charge in [0.25, 0.3) is 5.91 Å². The van der Waals surface area contributed by atoms with Crippen LogP contribution in [0.5, 0.6) is 0 Å². The smallest absolute Gasteiger partial charge is 0.268 e. The van der Waals surface area contributed by atoms with E-state index in [1.807, 2.05) is 6.07 Å². The lowest BCUT2D eigenvalue weighted by atomic mass is 10.0. The number of benzene rings is 2. The zero-order chi connectivity index (χ0) is 18.7. The molecule has 0 bridgehead atoms. The van der Waals surface area contributed by atoms with Gasteiger partial charge in [-0.1, -0.05) is 41.9 Å². The number of carbonyl (C=O) groups is 2. The van der Waals surface area contributed by atoms with Crippen LogP contribution in [0.4, 0.5) is 0 Å². The monoisotopic (exact) mass is 371 g/mol. The van der Waals surface area contributed by atoms with Crippen LogP contribution in [0.1, 0.15) is 16.1 Å². The Labute approximate surface area is 154 Å². The minimum atomic E-state index is -1.84. The molecule has 2 unspecified atom stereocenters. The number of carboxylic acid groups (broad SMARTS) is 1. The molecule has 1 heterocycles. The highest BCUT2D eigenvalue weighted by Crippen LogP contribution is 2.20. The van der Waals surface area contributed by atoms with Crippen molar-refractivity contribution >= 4 is 34.4 Å². The van der Waals surface area contributed by atoms with E-state index in [9.17, 15) is 19.8 Å². The van der Waals surface area contributed by atoms with E-state index < -0.39 is 24.0 Å². The van der Waals surface area contributed by atoms with Crippen LogP contribution in [0, 0.1) is 0 Å². The molecule has 0 aliphatic heterocycles. The molecule has 134 valence electrons. The minimum absolute atomic E-state index is 0.147. The van der Waals surface area contributed by atoms with Gasteiger partial charge in [-0.15, -0.1) is 0 Å². The summed E-state index contributed by atoms with van der Waals surface area (Å²) in [4.78, 5) is 26.6. The predicted octanol–water partition coefficient (Wildman–Crippen LogP) is 1.27. The Hall–Kier alpha value is -2.83. The number of carbonyl (C=O) groups excluding carboxylic acids is 2. The maximum atomic E-state index is 12.5. The quantitative estimate of drug-likeness (QED) is 0.606. The molecular formula is C19H16ClN2O4-. The third-order valence-corrected chi connectivity index (χ3v) is 4.30. The lowest BCUT2D eigenvalue weighted by molar-refractivity contribution is -0.315. The van der Waals surface area contributed by atoms with Crippen molar-refractivity contribution in [2.45, 2.75) is 18.6 Å².